The molecule has 2 heteroatoms. The maximum absolute atomic E-state index is 8.78. The lowest BCUT2D eigenvalue weighted by atomic mass is 10.4. The van der Waals surface area contributed by atoms with Gasteiger partial charge in [-0.3, -0.25) is 0 Å². The summed E-state index contributed by atoms with van der Waals surface area (Å²) < 4.78 is 0. The van der Waals surface area contributed by atoms with Crippen LogP contribution in [0.1, 0.15) is 11.8 Å². The Balaban J connectivity index is 2.66. The SMILES string of the molecule is CC(O)C#Cc1cccs1. The molecule has 1 aromatic rings. The summed E-state index contributed by atoms with van der Waals surface area (Å²) in [4.78, 5) is 1.00. The molecule has 1 atom stereocenters. The lowest BCUT2D eigenvalue weighted by Gasteiger charge is -1.84. The van der Waals surface area contributed by atoms with Crippen LogP contribution in [0.3, 0.4) is 0 Å². The van der Waals surface area contributed by atoms with Gasteiger partial charge in [0.2, 0.25) is 0 Å². The van der Waals surface area contributed by atoms with Crippen LogP contribution in [0.5, 0.6) is 0 Å². The highest BCUT2D eigenvalue weighted by molar-refractivity contribution is 7.10. The number of aliphatic hydroxyl groups excluding tert-OH is 1. The first-order valence-corrected chi connectivity index (χ1v) is 3.90. The predicted molar refractivity (Wildman–Crippen MR) is 42.9 cm³/mol. The lowest BCUT2D eigenvalue weighted by Crippen LogP contribution is -1.91. The second kappa shape index (κ2) is 3.40. The Bertz CT molecular complexity index is 238. The smallest absolute Gasteiger partial charge is 0.112 e. The van der Waals surface area contributed by atoms with Crippen molar-refractivity contribution in [2.45, 2.75) is 13.0 Å². The first-order chi connectivity index (χ1) is 4.79. The van der Waals surface area contributed by atoms with Gasteiger partial charge in [-0.1, -0.05) is 17.9 Å². The fraction of sp³-hybridized carbons (Fsp3) is 0.250. The minimum atomic E-state index is -0.526. The molecule has 10 heavy (non-hydrogen) atoms. The van der Waals surface area contributed by atoms with Crippen LogP contribution in [0.25, 0.3) is 0 Å². The van der Waals surface area contributed by atoms with Gasteiger partial charge in [0.1, 0.15) is 6.10 Å². The molecule has 1 nitrogen and oxygen atoms in total. The maximum Gasteiger partial charge on any atom is 0.112 e. The van der Waals surface area contributed by atoms with Crippen LogP contribution in [-0.2, 0) is 0 Å². The van der Waals surface area contributed by atoms with Crippen molar-refractivity contribution in [2.24, 2.45) is 0 Å². The van der Waals surface area contributed by atoms with Crippen LogP contribution in [0.2, 0.25) is 0 Å². The van der Waals surface area contributed by atoms with Crippen molar-refractivity contribution in [1.82, 2.24) is 0 Å². The molecule has 0 aliphatic carbocycles. The van der Waals surface area contributed by atoms with E-state index in [1.807, 2.05) is 17.5 Å². The summed E-state index contributed by atoms with van der Waals surface area (Å²) in [6.07, 6.45) is -0.526. The Morgan fingerprint density at radius 1 is 1.70 bits per heavy atom. The van der Waals surface area contributed by atoms with E-state index >= 15 is 0 Å². The van der Waals surface area contributed by atoms with Gasteiger partial charge in [0.05, 0.1) is 4.88 Å². The number of thiophene rings is 1. The van der Waals surface area contributed by atoms with Crippen molar-refractivity contribution in [1.29, 1.82) is 0 Å². The Morgan fingerprint density at radius 3 is 3.00 bits per heavy atom. The molecule has 0 aromatic carbocycles. The molecule has 52 valence electrons. The number of aliphatic hydroxyl groups is 1. The van der Waals surface area contributed by atoms with Gasteiger partial charge < -0.3 is 5.11 Å². The van der Waals surface area contributed by atoms with Crippen LogP contribution >= 0.6 is 11.3 Å². The third-order valence-electron chi connectivity index (χ3n) is 0.925. The molecular formula is C8H8OS. The third kappa shape index (κ3) is 2.22. The first kappa shape index (κ1) is 7.33. The normalized spacial score (nSPS) is 11.8. The second-order valence-corrected chi connectivity index (χ2v) is 2.87. The van der Waals surface area contributed by atoms with E-state index in [1.165, 1.54) is 0 Å². The van der Waals surface area contributed by atoms with Crippen LogP contribution in [0, 0.1) is 11.8 Å². The Morgan fingerprint density at radius 2 is 2.50 bits per heavy atom. The average molecular weight is 152 g/mol. The summed E-state index contributed by atoms with van der Waals surface area (Å²) in [7, 11) is 0. The number of hydrogen-bond donors (Lipinski definition) is 1. The zero-order valence-corrected chi connectivity index (χ0v) is 6.48. The second-order valence-electron chi connectivity index (χ2n) is 1.92. The van der Waals surface area contributed by atoms with E-state index in [1.54, 1.807) is 18.3 Å². The highest BCUT2D eigenvalue weighted by Crippen LogP contribution is 2.05. The molecule has 0 radical (unpaired) electrons. The standard InChI is InChI=1S/C8H8OS/c1-7(9)4-5-8-3-2-6-10-8/h2-3,6-7,9H,1H3. The van der Waals surface area contributed by atoms with Gasteiger partial charge in [-0.2, -0.15) is 0 Å². The van der Waals surface area contributed by atoms with Gasteiger partial charge in [0.15, 0.2) is 0 Å². The van der Waals surface area contributed by atoms with Crippen molar-refractivity contribution in [3.05, 3.63) is 22.4 Å². The quantitative estimate of drug-likeness (QED) is 0.558. The molecule has 0 saturated heterocycles. The Hall–Kier alpha value is -0.780. The summed E-state index contributed by atoms with van der Waals surface area (Å²) in [5.41, 5.74) is 0. The lowest BCUT2D eigenvalue weighted by molar-refractivity contribution is 0.253. The maximum atomic E-state index is 8.78. The van der Waals surface area contributed by atoms with Crippen molar-refractivity contribution in [3.63, 3.8) is 0 Å². The van der Waals surface area contributed by atoms with E-state index in [9.17, 15) is 0 Å². The van der Waals surface area contributed by atoms with E-state index in [0.29, 0.717) is 0 Å². The first-order valence-electron chi connectivity index (χ1n) is 3.02. The summed E-state index contributed by atoms with van der Waals surface area (Å²) in [6, 6.07) is 3.87. The van der Waals surface area contributed by atoms with Gasteiger partial charge >= 0.3 is 0 Å². The van der Waals surface area contributed by atoms with E-state index in [2.05, 4.69) is 11.8 Å². The van der Waals surface area contributed by atoms with Crippen molar-refractivity contribution in [3.8, 4) is 11.8 Å². The van der Waals surface area contributed by atoms with Crippen LogP contribution in [0.4, 0.5) is 0 Å². The minimum Gasteiger partial charge on any atom is -0.381 e. The van der Waals surface area contributed by atoms with E-state index in [0.717, 1.165) is 4.88 Å². The van der Waals surface area contributed by atoms with Crippen molar-refractivity contribution < 1.29 is 5.11 Å². The molecule has 1 rings (SSSR count). The number of rotatable bonds is 0. The topological polar surface area (TPSA) is 20.2 Å². The fourth-order valence-electron chi connectivity index (χ4n) is 0.525. The largest absolute Gasteiger partial charge is 0.381 e. The van der Waals surface area contributed by atoms with E-state index in [4.69, 9.17) is 5.11 Å². The Kier molecular flexibility index (Phi) is 2.49. The Labute approximate surface area is 64.3 Å². The molecule has 1 aromatic heterocycles. The molecular weight excluding hydrogens is 144 g/mol. The zero-order chi connectivity index (χ0) is 7.40. The monoisotopic (exact) mass is 152 g/mol. The molecule has 1 unspecified atom stereocenters. The fourth-order valence-corrected chi connectivity index (χ4v) is 1.10. The number of hydrogen-bond acceptors (Lipinski definition) is 2. The molecule has 1 heterocycles. The third-order valence-corrected chi connectivity index (χ3v) is 1.71. The highest BCUT2D eigenvalue weighted by atomic mass is 32.1. The van der Waals surface area contributed by atoms with Crippen LogP contribution < -0.4 is 0 Å². The summed E-state index contributed by atoms with van der Waals surface area (Å²) in [6.45, 7) is 1.65. The predicted octanol–water partition coefficient (Wildman–Crippen LogP) is 1.48. The minimum absolute atomic E-state index is 0.526. The molecule has 0 spiro atoms. The zero-order valence-electron chi connectivity index (χ0n) is 5.66. The molecule has 0 amide bonds. The van der Waals surface area contributed by atoms with Gasteiger partial charge in [-0.05, 0) is 18.4 Å². The van der Waals surface area contributed by atoms with E-state index in [-0.39, 0.29) is 0 Å². The van der Waals surface area contributed by atoms with E-state index < -0.39 is 6.10 Å². The molecule has 0 bridgehead atoms. The summed E-state index contributed by atoms with van der Waals surface area (Å²) >= 11 is 1.58. The molecule has 0 fully saturated rings. The highest BCUT2D eigenvalue weighted by Gasteiger charge is 1.85. The average Bonchev–Trinajstić information content (AvgIpc) is 2.34. The molecule has 0 aliphatic heterocycles. The van der Waals surface area contributed by atoms with Crippen LogP contribution in [-0.4, -0.2) is 11.2 Å². The van der Waals surface area contributed by atoms with Crippen molar-refractivity contribution in [2.75, 3.05) is 0 Å². The van der Waals surface area contributed by atoms with Gasteiger partial charge in [-0.25, -0.2) is 0 Å². The molecule has 1 N–H and O–H groups in total. The van der Waals surface area contributed by atoms with Crippen molar-refractivity contribution >= 4 is 11.3 Å². The van der Waals surface area contributed by atoms with Crippen LogP contribution in [0.15, 0.2) is 17.5 Å². The summed E-state index contributed by atoms with van der Waals surface area (Å²) in [5, 5.41) is 10.7. The van der Waals surface area contributed by atoms with Gasteiger partial charge in [0.25, 0.3) is 0 Å². The summed E-state index contributed by atoms with van der Waals surface area (Å²) in [5.74, 6) is 5.51. The molecule has 0 saturated carbocycles. The molecule has 0 aliphatic rings. The van der Waals surface area contributed by atoms with Gasteiger partial charge in [0, 0.05) is 0 Å². The van der Waals surface area contributed by atoms with Gasteiger partial charge in [-0.15, -0.1) is 11.3 Å².